The molecule has 4 N–H and O–H groups in total. The number of para-hydroxylation sites is 4. The van der Waals surface area contributed by atoms with Gasteiger partial charge in [-0.2, -0.15) is 0 Å². The van der Waals surface area contributed by atoms with Crippen LogP contribution in [0.15, 0.2) is 72.8 Å². The second kappa shape index (κ2) is 14.8. The molecule has 4 aromatic carbocycles. The first-order chi connectivity index (χ1) is 24.4. The van der Waals surface area contributed by atoms with Gasteiger partial charge in [-0.3, -0.25) is 4.79 Å². The number of Topliss-reactive ketones (excluding diaryl/α,β-unsaturated/α-hetero) is 1. The molecule has 0 aromatic heterocycles. The number of carbonyl (C=O) groups excluding carboxylic acids is 1. The maximum atomic E-state index is 15.6. The summed E-state index contributed by atoms with van der Waals surface area (Å²) in [5, 5.41) is 4.55. The first kappa shape index (κ1) is 34.7. The highest BCUT2D eigenvalue weighted by molar-refractivity contribution is 5.88. The van der Waals surface area contributed by atoms with Gasteiger partial charge >= 0.3 is 0 Å². The van der Waals surface area contributed by atoms with E-state index < -0.39 is 36.0 Å². The van der Waals surface area contributed by atoms with Crippen LogP contribution in [0.25, 0.3) is 0 Å². The van der Waals surface area contributed by atoms with E-state index >= 15 is 4.79 Å². The van der Waals surface area contributed by atoms with Gasteiger partial charge in [0.05, 0.1) is 79.1 Å². The van der Waals surface area contributed by atoms with E-state index in [1.54, 1.807) is 56.9 Å². The van der Waals surface area contributed by atoms with E-state index in [9.17, 15) is 0 Å². The van der Waals surface area contributed by atoms with Gasteiger partial charge in [0.15, 0.2) is 51.8 Å². The molecule has 2 aliphatic rings. The fourth-order valence-corrected chi connectivity index (χ4v) is 8.19. The van der Waals surface area contributed by atoms with Crippen LogP contribution in [-0.4, -0.2) is 62.7 Å². The largest absolute Gasteiger partial charge is 0.493 e. The number of ketones is 1. The first-order valence-corrected chi connectivity index (χ1v) is 16.5. The Balaban J connectivity index is 1.66. The van der Waals surface area contributed by atoms with Crippen molar-refractivity contribution in [2.75, 3.05) is 56.9 Å². The average molecular weight is 687 g/mol. The summed E-state index contributed by atoms with van der Waals surface area (Å²) in [7, 11) is 12.9. The molecule has 0 spiro atoms. The Hall–Kier alpha value is -5.13. The molecule has 50 heavy (non-hydrogen) atoms. The topological polar surface area (TPSA) is 124 Å². The summed E-state index contributed by atoms with van der Waals surface area (Å²) in [5.41, 5.74) is 3.36. The monoisotopic (exact) mass is 686 g/mol. The van der Waals surface area contributed by atoms with Crippen LogP contribution in [0.4, 0.5) is 0 Å². The lowest BCUT2D eigenvalue weighted by molar-refractivity contribution is -0.815. The number of carbonyl (C=O) groups is 1. The van der Waals surface area contributed by atoms with Gasteiger partial charge in [-0.05, 0) is 48.5 Å². The molecule has 4 aromatic rings. The molecule has 11 nitrogen and oxygen atoms in total. The number of fused-ring (bicyclic) bond motifs is 2. The molecule has 2 heterocycles. The normalized spacial score (nSPS) is 22.7. The third kappa shape index (κ3) is 5.70. The lowest BCUT2D eigenvalue weighted by atomic mass is 9.63. The first-order valence-electron chi connectivity index (χ1n) is 16.5. The zero-order valence-electron chi connectivity index (χ0n) is 29.7. The minimum absolute atomic E-state index is 0.0875. The SMILES string of the molecule is COc1cccc([C@H]2[NH2+][C@@H](c3cccc(OC)c3OC)C3C(=O)C2[C@H](c2cccc(OC)c2OC)[NH2+][C@H]3c2cccc(OC)c2OC)c1OC. The Bertz CT molecular complexity index is 1590. The zero-order valence-corrected chi connectivity index (χ0v) is 29.7. The lowest BCUT2D eigenvalue weighted by Gasteiger charge is -2.48. The van der Waals surface area contributed by atoms with Crippen LogP contribution in [0.5, 0.6) is 46.0 Å². The van der Waals surface area contributed by atoms with E-state index in [2.05, 4.69) is 10.6 Å². The van der Waals surface area contributed by atoms with E-state index in [1.165, 1.54) is 0 Å². The van der Waals surface area contributed by atoms with E-state index in [-0.39, 0.29) is 5.78 Å². The molecule has 0 radical (unpaired) electrons. The van der Waals surface area contributed by atoms with E-state index in [4.69, 9.17) is 37.9 Å². The molecule has 2 aliphatic heterocycles. The van der Waals surface area contributed by atoms with Gasteiger partial charge in [0, 0.05) is 0 Å². The number of methoxy groups -OCH3 is 8. The van der Waals surface area contributed by atoms with Crippen molar-refractivity contribution in [1.29, 1.82) is 0 Å². The van der Waals surface area contributed by atoms with Gasteiger partial charge in [0.1, 0.15) is 36.0 Å². The number of piperidine rings is 2. The number of quaternary nitrogens is 2. The number of hydrogen-bond acceptors (Lipinski definition) is 9. The number of benzene rings is 4. The molecular weight excluding hydrogens is 640 g/mol. The second-order valence-electron chi connectivity index (χ2n) is 12.3. The number of nitrogens with two attached hydrogens (primary N) is 2. The molecule has 2 saturated heterocycles. The Morgan fingerprint density at radius 2 is 0.620 bits per heavy atom. The molecule has 2 bridgehead atoms. The Kier molecular flexibility index (Phi) is 10.3. The van der Waals surface area contributed by atoms with Gasteiger partial charge in [-0.1, -0.05) is 24.3 Å². The predicted molar refractivity (Wildman–Crippen MR) is 185 cm³/mol. The van der Waals surface area contributed by atoms with Crippen LogP contribution in [0.1, 0.15) is 46.4 Å². The molecule has 0 saturated carbocycles. The predicted octanol–water partition coefficient (Wildman–Crippen LogP) is 3.98. The fourth-order valence-electron chi connectivity index (χ4n) is 8.19. The second-order valence-corrected chi connectivity index (χ2v) is 12.3. The maximum Gasteiger partial charge on any atom is 0.169 e. The quantitative estimate of drug-likeness (QED) is 0.228. The van der Waals surface area contributed by atoms with Crippen LogP contribution in [-0.2, 0) is 4.79 Å². The average Bonchev–Trinajstić information content (AvgIpc) is 3.16. The molecule has 264 valence electrons. The highest BCUT2D eigenvalue weighted by Gasteiger charge is 2.62. The van der Waals surface area contributed by atoms with Crippen LogP contribution < -0.4 is 48.5 Å². The zero-order chi connectivity index (χ0) is 35.5. The molecule has 0 aliphatic carbocycles. The summed E-state index contributed by atoms with van der Waals surface area (Å²) >= 11 is 0. The summed E-state index contributed by atoms with van der Waals surface area (Å²) in [6.07, 6.45) is 0. The minimum atomic E-state index is -0.539. The number of ether oxygens (including phenoxy) is 8. The molecule has 6 rings (SSSR count). The third-order valence-electron chi connectivity index (χ3n) is 10.2. The van der Waals surface area contributed by atoms with Gasteiger partial charge in [-0.15, -0.1) is 0 Å². The fraction of sp³-hybridized carbons (Fsp3) is 0.359. The molecular formula is C39H46N2O9+2. The van der Waals surface area contributed by atoms with Crippen LogP contribution in [0.3, 0.4) is 0 Å². The van der Waals surface area contributed by atoms with Crippen molar-refractivity contribution in [1.82, 2.24) is 0 Å². The van der Waals surface area contributed by atoms with Crippen molar-refractivity contribution in [3.8, 4) is 46.0 Å². The Labute approximate surface area is 292 Å². The molecule has 6 atom stereocenters. The van der Waals surface area contributed by atoms with E-state index in [1.807, 2.05) is 72.8 Å². The highest BCUT2D eigenvalue weighted by Crippen LogP contribution is 2.52. The van der Waals surface area contributed by atoms with Gasteiger partial charge in [-0.25, -0.2) is 0 Å². The van der Waals surface area contributed by atoms with Crippen molar-refractivity contribution < 1.29 is 53.3 Å². The van der Waals surface area contributed by atoms with Crippen molar-refractivity contribution >= 4 is 5.78 Å². The van der Waals surface area contributed by atoms with Gasteiger partial charge in [0.2, 0.25) is 0 Å². The standard InChI is InChI=1S/C39H44N2O9/c1-43-25-17-9-13-21(36(25)47-5)31-29-32(22-14-10-18-26(44-2)37(22)48-6)41-34(24-16-12-20-28(46-4)39(24)50-8)30(35(29)42)33(40-31)23-15-11-19-27(45-3)38(23)49-7/h9-20,29-34,40-41H,1-8H3/p+2/t29?,30?,31-,32-,33-,34+/m0/s1. The van der Waals surface area contributed by atoms with E-state index in [0.717, 1.165) is 22.3 Å². The number of hydrogen-bond donors (Lipinski definition) is 2. The number of rotatable bonds is 12. The third-order valence-corrected chi connectivity index (χ3v) is 10.2. The molecule has 2 fully saturated rings. The van der Waals surface area contributed by atoms with Gasteiger partial charge in [0.25, 0.3) is 0 Å². The highest BCUT2D eigenvalue weighted by atomic mass is 16.5. The smallest absolute Gasteiger partial charge is 0.169 e. The molecule has 0 amide bonds. The summed E-state index contributed by atoms with van der Waals surface area (Å²) in [4.78, 5) is 15.6. The Morgan fingerprint density at radius 1 is 0.380 bits per heavy atom. The van der Waals surface area contributed by atoms with Crippen LogP contribution in [0.2, 0.25) is 0 Å². The van der Waals surface area contributed by atoms with E-state index in [0.29, 0.717) is 46.0 Å². The van der Waals surface area contributed by atoms with Crippen molar-refractivity contribution in [3.05, 3.63) is 95.1 Å². The molecule has 11 heteroatoms. The minimum Gasteiger partial charge on any atom is -0.493 e. The van der Waals surface area contributed by atoms with Crippen molar-refractivity contribution in [3.63, 3.8) is 0 Å². The Morgan fingerprint density at radius 3 is 0.820 bits per heavy atom. The lowest BCUT2D eigenvalue weighted by Crippen LogP contribution is -3.02. The summed E-state index contributed by atoms with van der Waals surface area (Å²) in [5.74, 6) is 3.64. The van der Waals surface area contributed by atoms with Crippen molar-refractivity contribution in [2.24, 2.45) is 11.8 Å². The van der Waals surface area contributed by atoms with Crippen LogP contribution in [0, 0.1) is 11.8 Å². The van der Waals surface area contributed by atoms with Crippen LogP contribution >= 0.6 is 0 Å². The summed E-state index contributed by atoms with van der Waals surface area (Å²) in [6, 6.07) is 21.6. The molecule has 2 unspecified atom stereocenters. The summed E-state index contributed by atoms with van der Waals surface area (Å²) in [6.45, 7) is 0. The maximum absolute atomic E-state index is 15.6. The van der Waals surface area contributed by atoms with Crippen molar-refractivity contribution in [2.45, 2.75) is 24.2 Å². The van der Waals surface area contributed by atoms with Gasteiger partial charge < -0.3 is 48.5 Å². The summed E-state index contributed by atoms with van der Waals surface area (Å²) < 4.78 is 47.0.